The van der Waals surface area contributed by atoms with Crippen LogP contribution in [0.15, 0.2) is 23.6 Å². The fourth-order valence-corrected chi connectivity index (χ4v) is 4.66. The Bertz CT molecular complexity index is 1060. The lowest BCUT2D eigenvalue weighted by molar-refractivity contribution is 0.0923. The van der Waals surface area contributed by atoms with Crippen LogP contribution in [0.5, 0.6) is 0 Å². The Kier molecular flexibility index (Phi) is 7.42. The molecule has 9 nitrogen and oxygen atoms in total. The number of nitrogens with one attached hydrogen (secondary N) is 3. The van der Waals surface area contributed by atoms with Gasteiger partial charge >= 0.3 is 6.03 Å². The highest BCUT2D eigenvalue weighted by atomic mass is 32.2. The predicted molar refractivity (Wildman–Crippen MR) is 122 cm³/mol. The highest BCUT2D eigenvalue weighted by Crippen LogP contribution is 2.31. The molecule has 1 aliphatic carbocycles. The second kappa shape index (κ2) is 9.86. The molecule has 3 rings (SSSR count). The summed E-state index contributed by atoms with van der Waals surface area (Å²) in [5, 5.41) is 7.38. The lowest BCUT2D eigenvalue weighted by atomic mass is 9.94. The molecule has 3 N–H and O–H groups in total. The zero-order valence-corrected chi connectivity index (χ0v) is 19.4. The smallest absolute Gasteiger partial charge is 0.307 e. The van der Waals surface area contributed by atoms with E-state index in [9.17, 15) is 18.0 Å². The van der Waals surface area contributed by atoms with Gasteiger partial charge < -0.3 is 5.32 Å². The Labute approximate surface area is 186 Å². The number of hydrogen-bond donors (Lipinski definition) is 3. The summed E-state index contributed by atoms with van der Waals surface area (Å²) >= 11 is 1.18. The van der Waals surface area contributed by atoms with Crippen molar-refractivity contribution in [2.24, 2.45) is 5.92 Å². The normalized spacial score (nSPS) is 14.7. The monoisotopic (exact) mass is 465 g/mol. The van der Waals surface area contributed by atoms with Crippen LogP contribution in [-0.2, 0) is 16.8 Å². The number of rotatable bonds is 8. The third-order valence-electron chi connectivity index (χ3n) is 5.10. The van der Waals surface area contributed by atoms with Gasteiger partial charge in [-0.25, -0.2) is 9.78 Å². The number of carbonyl (C=O) groups excluding carboxylic acids is 2. The minimum absolute atomic E-state index is 0.0119. The molecule has 2 amide bonds. The Morgan fingerprint density at radius 3 is 2.58 bits per heavy atom. The Morgan fingerprint density at radius 1 is 1.19 bits per heavy atom. The molecule has 0 bridgehead atoms. The molecule has 11 heteroatoms. The van der Waals surface area contributed by atoms with Crippen LogP contribution in [0.25, 0.3) is 0 Å². The van der Waals surface area contributed by atoms with Crippen molar-refractivity contribution in [2.75, 3.05) is 24.7 Å². The number of anilines is 2. The lowest BCUT2D eigenvalue weighted by Gasteiger charge is -2.14. The molecule has 0 radical (unpaired) electrons. The summed E-state index contributed by atoms with van der Waals surface area (Å²) in [6.45, 7) is 1.93. The number of hydrogen-bond acceptors (Lipinski definition) is 6. The van der Waals surface area contributed by atoms with Gasteiger partial charge in [-0.3, -0.25) is 10.1 Å². The molecule has 1 aliphatic rings. The van der Waals surface area contributed by atoms with E-state index in [2.05, 4.69) is 20.3 Å². The molecule has 0 saturated heterocycles. The minimum atomic E-state index is -3.56. The van der Waals surface area contributed by atoms with Crippen molar-refractivity contribution in [3.63, 3.8) is 0 Å². The van der Waals surface area contributed by atoms with Gasteiger partial charge in [0.2, 0.25) is 0 Å². The molecule has 0 atom stereocenters. The van der Waals surface area contributed by atoms with Gasteiger partial charge in [-0.05, 0) is 31.9 Å². The lowest BCUT2D eigenvalue weighted by Crippen LogP contribution is -2.35. The second-order valence-electron chi connectivity index (χ2n) is 7.73. The van der Waals surface area contributed by atoms with Gasteiger partial charge in [0.25, 0.3) is 10.2 Å². The fraction of sp³-hybridized carbons (Fsp3) is 0.450. The SMILES string of the molecule is Cc1ccc(NC(=O)Nc2nc(CNS(=O)(=O)N(C)C)cs2)c(C(=O)C2CCCC2)c1. The minimum Gasteiger partial charge on any atom is -0.307 e. The van der Waals surface area contributed by atoms with Crippen LogP contribution in [0.2, 0.25) is 0 Å². The van der Waals surface area contributed by atoms with Gasteiger partial charge in [0, 0.05) is 31.0 Å². The summed E-state index contributed by atoms with van der Waals surface area (Å²) in [4.78, 5) is 29.6. The van der Waals surface area contributed by atoms with E-state index in [-0.39, 0.29) is 18.2 Å². The second-order valence-corrected chi connectivity index (χ2v) is 10.6. The number of thiazole rings is 1. The molecular weight excluding hydrogens is 438 g/mol. The van der Waals surface area contributed by atoms with Crippen LogP contribution in [0.4, 0.5) is 15.6 Å². The topological polar surface area (TPSA) is 120 Å². The van der Waals surface area contributed by atoms with Crippen LogP contribution in [0.3, 0.4) is 0 Å². The van der Waals surface area contributed by atoms with E-state index in [1.165, 1.54) is 25.4 Å². The van der Waals surface area contributed by atoms with E-state index in [1.807, 2.05) is 19.1 Å². The largest absolute Gasteiger partial charge is 0.325 e. The van der Waals surface area contributed by atoms with Crippen LogP contribution in [0.1, 0.15) is 47.3 Å². The summed E-state index contributed by atoms with van der Waals surface area (Å²) in [6, 6.07) is 4.88. The molecular formula is C20H27N5O4S2. The van der Waals surface area contributed by atoms with Crippen LogP contribution in [-0.4, -0.2) is 43.6 Å². The van der Waals surface area contributed by atoms with E-state index < -0.39 is 16.2 Å². The molecule has 168 valence electrons. The maximum atomic E-state index is 12.9. The highest BCUT2D eigenvalue weighted by Gasteiger charge is 2.26. The van der Waals surface area contributed by atoms with Crippen LogP contribution >= 0.6 is 11.3 Å². The van der Waals surface area contributed by atoms with Gasteiger partial charge in [-0.1, -0.05) is 24.5 Å². The zero-order chi connectivity index (χ0) is 22.6. The third-order valence-corrected chi connectivity index (χ3v) is 7.38. The maximum absolute atomic E-state index is 12.9. The summed E-state index contributed by atoms with van der Waals surface area (Å²) in [6.07, 6.45) is 3.89. The number of amides is 2. The van der Waals surface area contributed by atoms with Crippen molar-refractivity contribution in [2.45, 2.75) is 39.2 Å². The average molecular weight is 466 g/mol. The van der Waals surface area contributed by atoms with Gasteiger partial charge in [0.15, 0.2) is 10.9 Å². The number of benzene rings is 1. The molecule has 1 saturated carbocycles. The van der Waals surface area contributed by atoms with Crippen LogP contribution in [0, 0.1) is 12.8 Å². The molecule has 0 aliphatic heterocycles. The van der Waals surface area contributed by atoms with Crippen molar-refractivity contribution in [1.29, 1.82) is 0 Å². The maximum Gasteiger partial charge on any atom is 0.325 e. The summed E-state index contributed by atoms with van der Waals surface area (Å²) in [5.41, 5.74) is 2.44. The molecule has 1 heterocycles. The number of ketones is 1. The van der Waals surface area contributed by atoms with Crippen molar-refractivity contribution in [1.82, 2.24) is 14.0 Å². The van der Waals surface area contributed by atoms with E-state index >= 15 is 0 Å². The van der Waals surface area contributed by atoms with E-state index in [0.717, 1.165) is 35.6 Å². The van der Waals surface area contributed by atoms with E-state index in [4.69, 9.17) is 0 Å². The zero-order valence-electron chi connectivity index (χ0n) is 17.8. The van der Waals surface area contributed by atoms with E-state index in [1.54, 1.807) is 11.4 Å². The Hall–Kier alpha value is -2.34. The molecule has 0 unspecified atom stereocenters. The molecule has 2 aromatic rings. The van der Waals surface area contributed by atoms with Crippen molar-refractivity contribution in [3.8, 4) is 0 Å². The Morgan fingerprint density at radius 2 is 1.90 bits per heavy atom. The Balaban J connectivity index is 1.64. The first-order chi connectivity index (χ1) is 14.7. The molecule has 1 aromatic carbocycles. The van der Waals surface area contributed by atoms with Gasteiger partial charge in [-0.2, -0.15) is 17.4 Å². The van der Waals surface area contributed by atoms with Crippen molar-refractivity contribution < 1.29 is 18.0 Å². The van der Waals surface area contributed by atoms with Crippen molar-refractivity contribution >= 4 is 44.2 Å². The highest BCUT2D eigenvalue weighted by molar-refractivity contribution is 7.87. The van der Waals surface area contributed by atoms with E-state index in [0.29, 0.717) is 22.1 Å². The number of aryl methyl sites for hydroxylation is 1. The quantitative estimate of drug-likeness (QED) is 0.516. The summed E-state index contributed by atoms with van der Waals surface area (Å²) in [7, 11) is -0.702. The molecule has 0 spiro atoms. The van der Waals surface area contributed by atoms with Gasteiger partial charge in [0.05, 0.1) is 17.9 Å². The summed E-state index contributed by atoms with van der Waals surface area (Å²) < 4.78 is 27.0. The van der Waals surface area contributed by atoms with Gasteiger partial charge in [-0.15, -0.1) is 11.3 Å². The van der Waals surface area contributed by atoms with Crippen LogP contribution < -0.4 is 15.4 Å². The molecule has 1 aromatic heterocycles. The number of carbonyl (C=O) groups is 2. The first kappa shape index (κ1) is 23.3. The number of urea groups is 1. The number of Topliss-reactive ketones (excluding diaryl/α,β-unsaturated/α-hetero) is 1. The number of nitrogens with zero attached hydrogens (tertiary/aromatic N) is 2. The third kappa shape index (κ3) is 6.10. The first-order valence-electron chi connectivity index (χ1n) is 10.00. The van der Waals surface area contributed by atoms with Gasteiger partial charge in [0.1, 0.15) is 0 Å². The average Bonchev–Trinajstić information content (AvgIpc) is 3.39. The summed E-state index contributed by atoms with van der Waals surface area (Å²) in [5.74, 6) is 0.0825. The predicted octanol–water partition coefficient (Wildman–Crippen LogP) is 3.36. The molecule has 1 fully saturated rings. The molecule has 31 heavy (non-hydrogen) atoms. The first-order valence-corrected chi connectivity index (χ1v) is 12.3. The number of aromatic nitrogens is 1. The standard InChI is InChI=1S/C20H27N5O4S2/c1-13-8-9-17(16(10-13)18(26)14-6-4-5-7-14)23-19(27)24-20-22-15(12-30-20)11-21-31(28,29)25(2)3/h8-10,12,14,21H,4-7,11H2,1-3H3,(H2,22,23,24,27). The van der Waals surface area contributed by atoms with Crippen molar-refractivity contribution in [3.05, 3.63) is 40.4 Å². The fourth-order valence-electron chi connectivity index (χ4n) is 3.37.